The van der Waals surface area contributed by atoms with Crippen molar-refractivity contribution in [2.24, 2.45) is 0 Å². The van der Waals surface area contributed by atoms with E-state index in [0.29, 0.717) is 0 Å². The topological polar surface area (TPSA) is 101 Å². The molecule has 0 amide bonds. The van der Waals surface area contributed by atoms with Crippen LogP contribution in [0.5, 0.6) is 0 Å². The fraction of sp³-hybridized carbons (Fsp3) is 0.250. The van der Waals surface area contributed by atoms with Crippen LogP contribution in [0.25, 0.3) is 0 Å². The summed E-state index contributed by atoms with van der Waals surface area (Å²) in [5.41, 5.74) is -0.641. The molecule has 0 saturated heterocycles. The highest BCUT2D eigenvalue weighted by atomic mass is 16.5. The van der Waals surface area contributed by atoms with Crippen LogP contribution in [0.2, 0.25) is 0 Å². The highest BCUT2D eigenvalue weighted by Gasteiger charge is 2.16. The highest BCUT2D eigenvalue weighted by molar-refractivity contribution is 5.99. The molecule has 18 heavy (non-hydrogen) atoms. The molecule has 0 saturated carbocycles. The average Bonchev–Trinajstić information content (AvgIpc) is 2.27. The first-order chi connectivity index (χ1) is 8.31. The summed E-state index contributed by atoms with van der Waals surface area (Å²) in [6.45, 7) is 3.27. The molecular weight excluding hydrogens is 240 g/mol. The molecule has 0 atom stereocenters. The molecule has 0 fully saturated rings. The maximum Gasteiger partial charge on any atom is 0.338 e. The molecule has 1 rings (SSSR count). The summed E-state index contributed by atoms with van der Waals surface area (Å²) >= 11 is 0. The third-order valence-corrected chi connectivity index (χ3v) is 2.01. The largest absolute Gasteiger partial charge is 0.478 e. The van der Waals surface area contributed by atoms with Crippen molar-refractivity contribution in [1.29, 1.82) is 0 Å². The Balaban J connectivity index is 3.23. The van der Waals surface area contributed by atoms with Crippen LogP contribution in [0.3, 0.4) is 0 Å². The van der Waals surface area contributed by atoms with E-state index in [-0.39, 0.29) is 22.8 Å². The lowest BCUT2D eigenvalue weighted by molar-refractivity contribution is 0.0378. The summed E-state index contributed by atoms with van der Waals surface area (Å²) in [4.78, 5) is 33.3. The summed E-state index contributed by atoms with van der Waals surface area (Å²) in [6, 6.07) is 3.15. The zero-order valence-corrected chi connectivity index (χ0v) is 9.84. The van der Waals surface area contributed by atoms with Crippen molar-refractivity contribution in [2.75, 3.05) is 0 Å². The van der Waals surface area contributed by atoms with Crippen LogP contribution in [-0.2, 0) is 4.74 Å². The molecule has 0 unspecified atom stereocenters. The van der Waals surface area contributed by atoms with Gasteiger partial charge in [-0.3, -0.25) is 0 Å². The van der Waals surface area contributed by atoms with Crippen LogP contribution in [0.15, 0.2) is 18.2 Å². The maximum atomic E-state index is 11.6. The van der Waals surface area contributed by atoms with Crippen LogP contribution in [-0.4, -0.2) is 34.2 Å². The molecule has 0 bridgehead atoms. The van der Waals surface area contributed by atoms with E-state index in [1.807, 2.05) is 0 Å². The number of carbonyl (C=O) groups is 3. The molecule has 6 heteroatoms. The number of hydrogen-bond donors (Lipinski definition) is 2. The van der Waals surface area contributed by atoms with E-state index in [2.05, 4.69) is 0 Å². The summed E-state index contributed by atoms with van der Waals surface area (Å²) < 4.78 is 4.88. The summed E-state index contributed by atoms with van der Waals surface area (Å²) in [5.74, 6) is -3.37. The van der Waals surface area contributed by atoms with Crippen molar-refractivity contribution >= 4 is 17.9 Å². The Bertz CT molecular complexity index is 471. The Morgan fingerprint density at radius 2 is 1.33 bits per heavy atom. The number of rotatable bonds is 4. The Kier molecular flexibility index (Phi) is 4.04. The Morgan fingerprint density at radius 3 is 1.67 bits per heavy atom. The number of carboxylic acid groups (broad SMARTS) is 2. The second-order valence-electron chi connectivity index (χ2n) is 3.86. The normalized spacial score (nSPS) is 10.2. The highest BCUT2D eigenvalue weighted by Crippen LogP contribution is 2.13. The monoisotopic (exact) mass is 252 g/mol. The molecule has 0 radical (unpaired) electrons. The van der Waals surface area contributed by atoms with Crippen LogP contribution in [0, 0.1) is 0 Å². The van der Waals surface area contributed by atoms with Gasteiger partial charge in [-0.05, 0) is 32.0 Å². The molecule has 6 nitrogen and oxygen atoms in total. The zero-order chi connectivity index (χ0) is 13.9. The van der Waals surface area contributed by atoms with Crippen molar-refractivity contribution in [3.8, 4) is 0 Å². The lowest BCUT2D eigenvalue weighted by Crippen LogP contribution is -2.14. The fourth-order valence-corrected chi connectivity index (χ4v) is 1.27. The smallest absolute Gasteiger partial charge is 0.338 e. The molecule has 0 heterocycles. The van der Waals surface area contributed by atoms with Gasteiger partial charge in [0.2, 0.25) is 0 Å². The van der Waals surface area contributed by atoms with Crippen molar-refractivity contribution in [2.45, 2.75) is 20.0 Å². The maximum absolute atomic E-state index is 11.6. The number of aromatic carboxylic acids is 2. The van der Waals surface area contributed by atoms with Gasteiger partial charge in [-0.15, -0.1) is 0 Å². The first-order valence-electron chi connectivity index (χ1n) is 5.14. The van der Waals surface area contributed by atoms with Crippen LogP contribution in [0.4, 0.5) is 0 Å². The van der Waals surface area contributed by atoms with E-state index in [9.17, 15) is 14.4 Å². The standard InChI is InChI=1S/C12H12O6/c1-6(2)18-12(17)9-4-7(10(13)14)3-8(5-9)11(15)16/h3-6H,1-2H3,(H,13,14)(H,15,16). The van der Waals surface area contributed by atoms with Crippen LogP contribution >= 0.6 is 0 Å². The van der Waals surface area contributed by atoms with E-state index in [1.54, 1.807) is 13.8 Å². The van der Waals surface area contributed by atoms with E-state index in [1.165, 1.54) is 0 Å². The fourth-order valence-electron chi connectivity index (χ4n) is 1.27. The van der Waals surface area contributed by atoms with Gasteiger partial charge in [0.15, 0.2) is 0 Å². The van der Waals surface area contributed by atoms with Gasteiger partial charge in [0, 0.05) is 0 Å². The summed E-state index contributed by atoms with van der Waals surface area (Å²) in [5, 5.41) is 17.7. The second kappa shape index (κ2) is 5.31. The predicted molar refractivity (Wildman–Crippen MR) is 60.9 cm³/mol. The molecule has 0 aliphatic carbocycles. The van der Waals surface area contributed by atoms with Crippen molar-refractivity contribution in [3.63, 3.8) is 0 Å². The summed E-state index contributed by atoms with van der Waals surface area (Å²) in [6.07, 6.45) is -0.376. The molecule has 0 spiro atoms. The third kappa shape index (κ3) is 3.31. The van der Waals surface area contributed by atoms with Crippen LogP contribution in [0.1, 0.15) is 44.9 Å². The Morgan fingerprint density at radius 1 is 0.944 bits per heavy atom. The Labute approximate surface area is 103 Å². The number of carboxylic acids is 2. The van der Waals surface area contributed by atoms with Crippen molar-refractivity contribution in [1.82, 2.24) is 0 Å². The van der Waals surface area contributed by atoms with E-state index in [0.717, 1.165) is 18.2 Å². The molecule has 1 aromatic carbocycles. The number of esters is 1. The average molecular weight is 252 g/mol. The quantitative estimate of drug-likeness (QED) is 0.790. The molecule has 0 aliphatic rings. The lowest BCUT2D eigenvalue weighted by atomic mass is 10.1. The first-order valence-corrected chi connectivity index (χ1v) is 5.14. The minimum atomic E-state index is -1.31. The minimum Gasteiger partial charge on any atom is -0.478 e. The zero-order valence-electron chi connectivity index (χ0n) is 9.84. The second-order valence-corrected chi connectivity index (χ2v) is 3.86. The minimum absolute atomic E-state index is 0.0963. The van der Waals surface area contributed by atoms with Gasteiger partial charge in [-0.25, -0.2) is 14.4 Å². The lowest BCUT2D eigenvalue weighted by Gasteiger charge is -2.09. The van der Waals surface area contributed by atoms with Crippen molar-refractivity contribution < 1.29 is 29.3 Å². The van der Waals surface area contributed by atoms with Gasteiger partial charge < -0.3 is 14.9 Å². The van der Waals surface area contributed by atoms with Gasteiger partial charge in [0.05, 0.1) is 22.8 Å². The van der Waals surface area contributed by atoms with Gasteiger partial charge in [0.25, 0.3) is 0 Å². The van der Waals surface area contributed by atoms with E-state index in [4.69, 9.17) is 14.9 Å². The molecule has 0 aromatic heterocycles. The van der Waals surface area contributed by atoms with Gasteiger partial charge in [-0.2, -0.15) is 0 Å². The first kappa shape index (κ1) is 13.7. The Hall–Kier alpha value is -2.37. The molecule has 0 aliphatic heterocycles. The molecular formula is C12H12O6. The van der Waals surface area contributed by atoms with E-state index < -0.39 is 17.9 Å². The number of ether oxygens (including phenoxy) is 1. The number of benzene rings is 1. The van der Waals surface area contributed by atoms with E-state index >= 15 is 0 Å². The molecule has 2 N–H and O–H groups in total. The third-order valence-electron chi connectivity index (χ3n) is 2.01. The number of carbonyl (C=O) groups excluding carboxylic acids is 1. The van der Waals surface area contributed by atoms with Gasteiger partial charge in [0.1, 0.15) is 0 Å². The van der Waals surface area contributed by atoms with Crippen LogP contribution < -0.4 is 0 Å². The van der Waals surface area contributed by atoms with Gasteiger partial charge >= 0.3 is 17.9 Å². The summed E-state index contributed by atoms with van der Waals surface area (Å²) in [7, 11) is 0. The van der Waals surface area contributed by atoms with Gasteiger partial charge in [-0.1, -0.05) is 0 Å². The SMILES string of the molecule is CC(C)OC(=O)c1cc(C(=O)O)cc(C(=O)O)c1. The molecule has 96 valence electrons. The number of hydrogen-bond acceptors (Lipinski definition) is 4. The predicted octanol–water partition coefficient (Wildman–Crippen LogP) is 1.65. The molecule has 1 aromatic rings. The van der Waals surface area contributed by atoms with Crippen molar-refractivity contribution in [3.05, 3.63) is 34.9 Å².